The maximum absolute atomic E-state index is 10.3. The summed E-state index contributed by atoms with van der Waals surface area (Å²) < 4.78 is 5.55. The second kappa shape index (κ2) is 2.99. The van der Waals surface area contributed by atoms with Gasteiger partial charge in [0, 0.05) is 6.42 Å². The normalized spacial score (nSPS) is 33.1. The van der Waals surface area contributed by atoms with Gasteiger partial charge in [0.25, 0.3) is 0 Å². The van der Waals surface area contributed by atoms with Crippen LogP contribution in [0.4, 0.5) is 0 Å². The van der Waals surface area contributed by atoms with Crippen molar-refractivity contribution < 1.29 is 14.6 Å². The summed E-state index contributed by atoms with van der Waals surface area (Å²) in [6.45, 7) is 0.0460. The molecule has 0 aliphatic carbocycles. The number of aldehydes is 1. The Morgan fingerprint density at radius 3 is 2.67 bits per heavy atom. The third kappa shape index (κ3) is 1.01. The molecule has 3 nitrogen and oxygen atoms in total. The molecule has 2 unspecified atom stereocenters. The Morgan fingerprint density at radius 1 is 1.42 bits per heavy atom. The summed E-state index contributed by atoms with van der Waals surface area (Å²) in [4.78, 5) is 10.3. The van der Waals surface area contributed by atoms with Gasteiger partial charge in [-0.25, -0.2) is 0 Å². The monoisotopic (exact) mass is 168 g/mol. The Morgan fingerprint density at radius 2 is 2.08 bits per heavy atom. The van der Waals surface area contributed by atoms with Gasteiger partial charge in [-0.1, -0.05) is 0 Å². The quantitative estimate of drug-likeness (QED) is 0.491. The van der Waals surface area contributed by atoms with Gasteiger partial charge in [-0.15, -0.1) is 0 Å². The van der Waals surface area contributed by atoms with Crippen LogP contribution < -0.4 is 0 Å². The minimum atomic E-state index is 0.0460. The minimum Gasteiger partial charge on any atom is -0.392 e. The summed E-state index contributed by atoms with van der Waals surface area (Å²) in [5.74, 6) is 0. The first-order valence-corrected chi connectivity index (χ1v) is 4.28. The zero-order chi connectivity index (χ0) is 8.55. The van der Waals surface area contributed by atoms with Crippen molar-refractivity contribution in [2.75, 3.05) is 6.61 Å². The van der Waals surface area contributed by atoms with E-state index < -0.39 is 0 Å². The number of carbonyl (C=O) groups excluding carboxylic acids is 1. The summed E-state index contributed by atoms with van der Waals surface area (Å²) in [5, 5.41) is 9.03. The average Bonchev–Trinajstić information content (AvgIpc) is 2.64. The van der Waals surface area contributed by atoms with Gasteiger partial charge in [0.2, 0.25) is 0 Å². The Bertz CT molecular complexity index is 232. The van der Waals surface area contributed by atoms with Gasteiger partial charge in [0.15, 0.2) is 0 Å². The van der Waals surface area contributed by atoms with E-state index in [1.165, 1.54) is 0 Å². The predicted molar refractivity (Wildman–Crippen MR) is 42.7 cm³/mol. The van der Waals surface area contributed by atoms with Crippen LogP contribution in [-0.2, 0) is 9.53 Å². The van der Waals surface area contributed by atoms with E-state index >= 15 is 0 Å². The maximum Gasteiger partial charge on any atom is 0.124 e. The molecule has 2 bridgehead atoms. The maximum atomic E-state index is 10.3. The first-order chi connectivity index (χ1) is 5.86. The fourth-order valence-corrected chi connectivity index (χ4v) is 2.12. The Labute approximate surface area is 71.0 Å². The molecule has 1 N–H and O–H groups in total. The van der Waals surface area contributed by atoms with E-state index in [2.05, 4.69) is 0 Å². The lowest BCUT2D eigenvalue weighted by Gasteiger charge is -2.12. The molecule has 0 saturated carbocycles. The predicted octanol–water partition coefficient (Wildman–Crippen LogP) is 0.425. The highest BCUT2D eigenvalue weighted by atomic mass is 16.5. The molecule has 2 heterocycles. The molecule has 12 heavy (non-hydrogen) atoms. The lowest BCUT2D eigenvalue weighted by Crippen LogP contribution is -2.12. The molecular formula is C9H12O3. The van der Waals surface area contributed by atoms with Gasteiger partial charge >= 0.3 is 0 Å². The first-order valence-electron chi connectivity index (χ1n) is 4.28. The van der Waals surface area contributed by atoms with Crippen molar-refractivity contribution in [1.82, 2.24) is 0 Å². The molecule has 0 radical (unpaired) electrons. The van der Waals surface area contributed by atoms with Gasteiger partial charge in [0.1, 0.15) is 6.29 Å². The molecule has 0 aromatic heterocycles. The number of aliphatic hydroxyl groups excluding tert-OH is 1. The van der Waals surface area contributed by atoms with Crippen LogP contribution in [0, 0.1) is 0 Å². The van der Waals surface area contributed by atoms with E-state index in [4.69, 9.17) is 9.84 Å². The van der Waals surface area contributed by atoms with Crippen LogP contribution in [0.15, 0.2) is 11.1 Å². The molecular weight excluding hydrogens is 156 g/mol. The molecule has 0 amide bonds. The number of aliphatic hydroxyl groups is 1. The molecule has 2 aliphatic rings. The van der Waals surface area contributed by atoms with Gasteiger partial charge < -0.3 is 14.6 Å². The average molecular weight is 168 g/mol. The lowest BCUT2D eigenvalue weighted by atomic mass is 9.91. The molecule has 0 aromatic rings. The highest BCUT2D eigenvalue weighted by molar-refractivity contribution is 5.57. The third-order valence-electron chi connectivity index (χ3n) is 2.68. The number of carbonyl (C=O) groups is 1. The minimum absolute atomic E-state index is 0.0460. The zero-order valence-electron chi connectivity index (χ0n) is 6.82. The first kappa shape index (κ1) is 7.95. The standard InChI is InChI=1S/C9H12O3/c10-4-3-6-7(5-11)9-2-1-8(6)12-9/h4,8-9,11H,1-3,5H2. The highest BCUT2D eigenvalue weighted by Crippen LogP contribution is 2.39. The smallest absolute Gasteiger partial charge is 0.124 e. The third-order valence-corrected chi connectivity index (χ3v) is 2.68. The molecule has 1 fully saturated rings. The summed E-state index contributed by atoms with van der Waals surface area (Å²) in [5.41, 5.74) is 1.99. The molecule has 1 saturated heterocycles. The van der Waals surface area contributed by atoms with Crippen molar-refractivity contribution in [3.63, 3.8) is 0 Å². The summed E-state index contributed by atoms with van der Waals surface area (Å²) in [6.07, 6.45) is 3.56. The van der Waals surface area contributed by atoms with E-state index in [0.29, 0.717) is 6.42 Å². The summed E-state index contributed by atoms with van der Waals surface area (Å²) in [6, 6.07) is 0. The highest BCUT2D eigenvalue weighted by Gasteiger charge is 2.38. The van der Waals surface area contributed by atoms with Crippen LogP contribution >= 0.6 is 0 Å². The number of hydrogen-bond acceptors (Lipinski definition) is 3. The van der Waals surface area contributed by atoms with Crippen LogP contribution in [0.25, 0.3) is 0 Å². The second-order valence-corrected chi connectivity index (χ2v) is 3.27. The van der Waals surface area contributed by atoms with E-state index in [1.54, 1.807) is 0 Å². The topological polar surface area (TPSA) is 46.5 Å². The molecule has 2 aliphatic heterocycles. The SMILES string of the molecule is O=CCC1=C(CO)C2CCC1O2. The van der Waals surface area contributed by atoms with Crippen molar-refractivity contribution >= 4 is 6.29 Å². The second-order valence-electron chi connectivity index (χ2n) is 3.27. The van der Waals surface area contributed by atoms with E-state index in [-0.39, 0.29) is 18.8 Å². The van der Waals surface area contributed by atoms with E-state index in [1.807, 2.05) is 0 Å². The van der Waals surface area contributed by atoms with Gasteiger partial charge in [0.05, 0.1) is 18.8 Å². The summed E-state index contributed by atoms with van der Waals surface area (Å²) in [7, 11) is 0. The Kier molecular flexibility index (Phi) is 1.98. The van der Waals surface area contributed by atoms with Crippen LogP contribution in [0.3, 0.4) is 0 Å². The van der Waals surface area contributed by atoms with E-state index in [9.17, 15) is 4.79 Å². The van der Waals surface area contributed by atoms with Crippen LogP contribution in [0.1, 0.15) is 19.3 Å². The van der Waals surface area contributed by atoms with Crippen molar-refractivity contribution in [2.45, 2.75) is 31.5 Å². The van der Waals surface area contributed by atoms with Crippen molar-refractivity contribution in [1.29, 1.82) is 0 Å². The van der Waals surface area contributed by atoms with Crippen molar-refractivity contribution in [3.8, 4) is 0 Å². The van der Waals surface area contributed by atoms with Crippen molar-refractivity contribution in [2.24, 2.45) is 0 Å². The van der Waals surface area contributed by atoms with Gasteiger partial charge in [-0.3, -0.25) is 0 Å². The van der Waals surface area contributed by atoms with Crippen molar-refractivity contribution in [3.05, 3.63) is 11.1 Å². The molecule has 3 heteroatoms. The molecule has 0 spiro atoms. The van der Waals surface area contributed by atoms with Crippen LogP contribution in [0.5, 0.6) is 0 Å². The largest absolute Gasteiger partial charge is 0.392 e. The molecule has 0 aromatic carbocycles. The molecule has 66 valence electrons. The number of fused-ring (bicyclic) bond motifs is 2. The summed E-state index contributed by atoms with van der Waals surface area (Å²) >= 11 is 0. The lowest BCUT2D eigenvalue weighted by molar-refractivity contribution is -0.107. The number of ether oxygens (including phenoxy) is 1. The number of rotatable bonds is 3. The van der Waals surface area contributed by atoms with E-state index in [0.717, 1.165) is 30.3 Å². The fraction of sp³-hybridized carbons (Fsp3) is 0.667. The Balaban J connectivity index is 2.24. The molecule has 2 atom stereocenters. The molecule has 2 rings (SSSR count). The van der Waals surface area contributed by atoms with Crippen LogP contribution in [-0.4, -0.2) is 30.2 Å². The van der Waals surface area contributed by atoms with Gasteiger partial charge in [-0.05, 0) is 24.0 Å². The van der Waals surface area contributed by atoms with Gasteiger partial charge in [-0.2, -0.15) is 0 Å². The van der Waals surface area contributed by atoms with Crippen LogP contribution in [0.2, 0.25) is 0 Å². The Hall–Kier alpha value is -0.670. The number of hydrogen-bond donors (Lipinski definition) is 1. The zero-order valence-corrected chi connectivity index (χ0v) is 6.82. The fourth-order valence-electron chi connectivity index (χ4n) is 2.12.